The molecule has 2 fully saturated rings. The van der Waals surface area contributed by atoms with Crippen molar-refractivity contribution in [3.8, 4) is 0 Å². The smallest absolute Gasteiger partial charge is 0.394 e. The molecule has 0 unspecified atom stereocenters. The Hall–Kier alpha value is -1.27. The number of carbonyl (C=O) groups excluding carboxylic acids is 1. The lowest BCUT2D eigenvalue weighted by Crippen LogP contribution is -2.47. The maximum Gasteiger partial charge on any atom is 0.394 e. The summed E-state index contributed by atoms with van der Waals surface area (Å²) in [5.41, 5.74) is 0. The average Bonchev–Trinajstić information content (AvgIpc) is 2.55. The highest BCUT2D eigenvalue weighted by molar-refractivity contribution is 5.81. The van der Waals surface area contributed by atoms with E-state index in [1.54, 1.807) is 0 Å². The summed E-state index contributed by atoms with van der Waals surface area (Å²) in [6, 6.07) is -0.863. The van der Waals surface area contributed by atoms with Gasteiger partial charge in [-0.25, -0.2) is 0 Å². The number of alkyl halides is 3. The summed E-state index contributed by atoms with van der Waals surface area (Å²) in [5, 5.41) is 8.81. The van der Waals surface area contributed by atoms with Crippen molar-refractivity contribution in [2.45, 2.75) is 31.5 Å². The Labute approximate surface area is 95.4 Å². The fourth-order valence-electron chi connectivity index (χ4n) is 2.67. The molecule has 1 N–H and O–H groups in total. The van der Waals surface area contributed by atoms with Gasteiger partial charge in [0.05, 0.1) is 11.8 Å². The maximum atomic E-state index is 12.7. The molecule has 1 amide bonds. The third kappa shape index (κ3) is 2.10. The lowest BCUT2D eigenvalue weighted by atomic mass is 9.88. The highest BCUT2D eigenvalue weighted by Gasteiger charge is 2.55. The van der Waals surface area contributed by atoms with E-state index < -0.39 is 42.4 Å². The zero-order valence-electron chi connectivity index (χ0n) is 8.91. The van der Waals surface area contributed by atoms with Gasteiger partial charge in [-0.15, -0.1) is 0 Å². The highest BCUT2D eigenvalue weighted by Crippen LogP contribution is 2.43. The number of carboxylic acids is 1. The molecule has 4 nitrogen and oxygen atoms in total. The van der Waals surface area contributed by atoms with Gasteiger partial charge in [0, 0.05) is 19.0 Å². The molecular weight excluding hydrogens is 239 g/mol. The Bertz CT molecular complexity index is 355. The van der Waals surface area contributed by atoms with E-state index >= 15 is 0 Å². The number of halogens is 3. The normalized spacial score (nSPS) is 33.7. The summed E-state index contributed by atoms with van der Waals surface area (Å²) < 4.78 is 38.0. The first kappa shape index (κ1) is 12.2. The van der Waals surface area contributed by atoms with E-state index in [9.17, 15) is 22.8 Å². The lowest BCUT2D eigenvalue weighted by molar-refractivity contribution is -0.183. The van der Waals surface area contributed by atoms with E-state index in [2.05, 4.69) is 0 Å². The van der Waals surface area contributed by atoms with Crippen molar-refractivity contribution in [3.63, 3.8) is 0 Å². The zero-order valence-corrected chi connectivity index (χ0v) is 8.91. The van der Waals surface area contributed by atoms with Crippen LogP contribution in [0.2, 0.25) is 0 Å². The number of carbonyl (C=O) groups is 2. The van der Waals surface area contributed by atoms with Crippen LogP contribution in [0.3, 0.4) is 0 Å². The van der Waals surface area contributed by atoms with Crippen LogP contribution in [0.15, 0.2) is 0 Å². The molecule has 0 spiro atoms. The molecule has 2 heterocycles. The van der Waals surface area contributed by atoms with Crippen LogP contribution in [0.1, 0.15) is 19.3 Å². The van der Waals surface area contributed by atoms with Crippen LogP contribution in [0.5, 0.6) is 0 Å². The van der Waals surface area contributed by atoms with E-state index in [4.69, 9.17) is 5.11 Å². The van der Waals surface area contributed by atoms with Crippen molar-refractivity contribution in [3.05, 3.63) is 0 Å². The van der Waals surface area contributed by atoms with Crippen molar-refractivity contribution in [1.29, 1.82) is 0 Å². The molecule has 3 atom stereocenters. The van der Waals surface area contributed by atoms with Gasteiger partial charge in [-0.1, -0.05) is 0 Å². The van der Waals surface area contributed by atoms with Crippen LogP contribution in [0.4, 0.5) is 13.2 Å². The van der Waals surface area contributed by atoms with Gasteiger partial charge >= 0.3 is 12.1 Å². The highest BCUT2D eigenvalue weighted by atomic mass is 19.4. The molecule has 17 heavy (non-hydrogen) atoms. The van der Waals surface area contributed by atoms with Crippen molar-refractivity contribution < 1.29 is 27.9 Å². The maximum absolute atomic E-state index is 12.7. The van der Waals surface area contributed by atoms with Gasteiger partial charge in [-0.05, 0) is 12.8 Å². The number of rotatable bonds is 1. The molecule has 2 aliphatic rings. The van der Waals surface area contributed by atoms with Crippen LogP contribution in [-0.2, 0) is 9.59 Å². The summed E-state index contributed by atoms with van der Waals surface area (Å²) in [7, 11) is 0. The van der Waals surface area contributed by atoms with Crippen LogP contribution >= 0.6 is 0 Å². The summed E-state index contributed by atoms with van der Waals surface area (Å²) in [4.78, 5) is 23.3. The van der Waals surface area contributed by atoms with Crippen LogP contribution in [0.25, 0.3) is 0 Å². The fraction of sp³-hybridized carbons (Fsp3) is 0.800. The molecule has 0 bridgehead atoms. The largest absolute Gasteiger partial charge is 0.481 e. The second-order valence-electron chi connectivity index (χ2n) is 4.58. The summed E-state index contributed by atoms with van der Waals surface area (Å²) in [6.07, 6.45) is -4.60. The van der Waals surface area contributed by atoms with E-state index in [0.717, 1.165) is 4.90 Å². The molecule has 2 aliphatic heterocycles. The molecule has 0 aromatic carbocycles. The minimum Gasteiger partial charge on any atom is -0.481 e. The van der Waals surface area contributed by atoms with Gasteiger partial charge in [0.25, 0.3) is 0 Å². The first-order valence-electron chi connectivity index (χ1n) is 5.39. The first-order valence-corrected chi connectivity index (χ1v) is 5.39. The number of aliphatic carboxylic acids is 1. The van der Waals surface area contributed by atoms with E-state index in [0.29, 0.717) is 0 Å². The average molecular weight is 251 g/mol. The Balaban J connectivity index is 2.15. The van der Waals surface area contributed by atoms with E-state index in [1.807, 2.05) is 0 Å². The quantitative estimate of drug-likeness (QED) is 0.763. The number of piperidine rings is 1. The van der Waals surface area contributed by atoms with Gasteiger partial charge < -0.3 is 10.0 Å². The Kier molecular flexibility index (Phi) is 2.79. The second-order valence-corrected chi connectivity index (χ2v) is 4.58. The number of fused-ring (bicyclic) bond motifs is 1. The molecule has 0 saturated carbocycles. The molecule has 7 heteroatoms. The van der Waals surface area contributed by atoms with Gasteiger partial charge in [-0.3, -0.25) is 9.59 Å². The predicted molar refractivity (Wildman–Crippen MR) is 50.0 cm³/mol. The van der Waals surface area contributed by atoms with Gasteiger partial charge in [0.2, 0.25) is 5.91 Å². The second kappa shape index (κ2) is 3.89. The number of nitrogens with zero attached hydrogens (tertiary/aromatic N) is 1. The van der Waals surface area contributed by atoms with Crippen LogP contribution in [-0.4, -0.2) is 40.6 Å². The Morgan fingerprint density at radius 2 is 2.00 bits per heavy atom. The number of amides is 1. The van der Waals surface area contributed by atoms with Crippen molar-refractivity contribution >= 4 is 11.9 Å². The predicted octanol–water partition coefficient (Wildman–Crippen LogP) is 1.26. The van der Waals surface area contributed by atoms with Gasteiger partial charge in [0.15, 0.2) is 0 Å². The lowest BCUT2D eigenvalue weighted by Gasteiger charge is -2.35. The number of hydrogen-bond acceptors (Lipinski definition) is 2. The van der Waals surface area contributed by atoms with Crippen molar-refractivity contribution in [1.82, 2.24) is 4.90 Å². The Morgan fingerprint density at radius 3 is 2.53 bits per heavy atom. The molecule has 0 aromatic rings. The van der Waals surface area contributed by atoms with Crippen LogP contribution < -0.4 is 0 Å². The zero-order chi connectivity index (χ0) is 12.8. The van der Waals surface area contributed by atoms with Crippen molar-refractivity contribution in [2.75, 3.05) is 6.54 Å². The summed E-state index contributed by atoms with van der Waals surface area (Å²) in [5.74, 6) is -4.00. The molecular formula is C10H12F3NO3. The molecule has 96 valence electrons. The number of carboxylic acid groups (broad SMARTS) is 1. The topological polar surface area (TPSA) is 57.6 Å². The molecule has 0 aromatic heterocycles. The SMILES string of the molecule is O=C(O)[C@@H]1CC[C@H]2[C@H](C(F)(F)F)CC(=O)N2C1. The molecule has 2 rings (SSSR count). The fourth-order valence-corrected chi connectivity index (χ4v) is 2.67. The summed E-state index contributed by atoms with van der Waals surface area (Å²) in [6.45, 7) is -0.0919. The first-order chi connectivity index (χ1) is 7.80. The molecule has 0 aliphatic carbocycles. The van der Waals surface area contributed by atoms with Crippen molar-refractivity contribution in [2.24, 2.45) is 11.8 Å². The molecule has 0 radical (unpaired) electrons. The van der Waals surface area contributed by atoms with Gasteiger partial charge in [-0.2, -0.15) is 13.2 Å². The third-order valence-corrected chi connectivity index (χ3v) is 3.58. The standard InChI is InChI=1S/C10H12F3NO3/c11-10(12,13)6-3-8(15)14-4-5(9(16)17)1-2-7(6)14/h5-7H,1-4H2,(H,16,17)/t5-,6-,7+/m1/s1. The monoisotopic (exact) mass is 251 g/mol. The van der Waals surface area contributed by atoms with Crippen LogP contribution in [0, 0.1) is 11.8 Å². The van der Waals surface area contributed by atoms with E-state index in [1.165, 1.54) is 0 Å². The third-order valence-electron chi connectivity index (χ3n) is 3.58. The Morgan fingerprint density at radius 1 is 1.35 bits per heavy atom. The molecule has 2 saturated heterocycles. The summed E-state index contributed by atoms with van der Waals surface area (Å²) >= 11 is 0. The van der Waals surface area contributed by atoms with E-state index in [-0.39, 0.29) is 19.4 Å². The number of hydrogen-bond donors (Lipinski definition) is 1. The van der Waals surface area contributed by atoms with Gasteiger partial charge in [0.1, 0.15) is 0 Å². The minimum absolute atomic E-state index is 0.0919. The minimum atomic E-state index is -4.38.